The number of aryl methyl sites for hydroxylation is 1. The zero-order chi connectivity index (χ0) is 23.4. The van der Waals surface area contributed by atoms with Crippen molar-refractivity contribution in [3.63, 3.8) is 0 Å². The van der Waals surface area contributed by atoms with Crippen molar-refractivity contribution in [2.24, 2.45) is 0 Å². The third-order valence-corrected chi connectivity index (χ3v) is 6.94. The molecule has 1 fully saturated rings. The summed E-state index contributed by atoms with van der Waals surface area (Å²) in [4.78, 5) is 27.5. The topological polar surface area (TPSA) is 54.3 Å². The van der Waals surface area contributed by atoms with E-state index in [9.17, 15) is 9.59 Å². The van der Waals surface area contributed by atoms with Crippen molar-refractivity contribution >= 4 is 22.6 Å². The molecule has 1 aromatic heterocycles. The lowest BCUT2D eigenvalue weighted by Gasteiger charge is -2.31. The second-order valence-electron chi connectivity index (χ2n) is 9.43. The van der Waals surface area contributed by atoms with Crippen LogP contribution in [0.1, 0.15) is 55.1 Å². The van der Waals surface area contributed by atoms with Crippen LogP contribution < -0.4 is 5.32 Å². The molecule has 0 spiro atoms. The number of hydrogen-bond donors (Lipinski definition) is 1. The van der Waals surface area contributed by atoms with Crippen LogP contribution in [0.4, 0.5) is 0 Å². The van der Waals surface area contributed by atoms with Crippen LogP contribution in [-0.2, 0) is 11.3 Å². The molecule has 3 aromatic rings. The predicted octanol–water partition coefficient (Wildman–Crippen LogP) is 5.20. The number of benzene rings is 2. The summed E-state index contributed by atoms with van der Waals surface area (Å²) in [5.74, 6) is -0.0966. The van der Waals surface area contributed by atoms with Crippen LogP contribution in [0.25, 0.3) is 22.0 Å². The van der Waals surface area contributed by atoms with Gasteiger partial charge in [-0.05, 0) is 50.1 Å². The standard InChI is InChI=1S/C28H35N3O2/c1-20-9-11-22(12-10-20)23-13-14-24-18-26(21(2)32)31(27(24)17-23)19-28(33)29-15-16-30(3)25-7-5-4-6-8-25/h9-14,17-18,25H,4-8,15-16,19H2,1-3H3,(H,29,33). The Balaban J connectivity index is 1.48. The minimum Gasteiger partial charge on any atom is -0.353 e. The zero-order valence-corrected chi connectivity index (χ0v) is 20.1. The first kappa shape index (κ1) is 23.2. The highest BCUT2D eigenvalue weighted by Gasteiger charge is 2.19. The molecule has 1 aliphatic carbocycles. The van der Waals surface area contributed by atoms with Gasteiger partial charge in [0, 0.05) is 37.0 Å². The Hall–Kier alpha value is -2.92. The number of ketones is 1. The van der Waals surface area contributed by atoms with Gasteiger partial charge in [0.2, 0.25) is 5.91 Å². The summed E-state index contributed by atoms with van der Waals surface area (Å²) in [5, 5.41) is 4.03. The number of Topliss-reactive ketones (excluding diaryl/α,β-unsaturated/α-hetero) is 1. The van der Waals surface area contributed by atoms with Gasteiger partial charge >= 0.3 is 0 Å². The molecule has 0 unspecified atom stereocenters. The van der Waals surface area contributed by atoms with Crippen LogP contribution in [0.5, 0.6) is 0 Å². The maximum Gasteiger partial charge on any atom is 0.240 e. The van der Waals surface area contributed by atoms with Crippen molar-refractivity contribution in [3.8, 4) is 11.1 Å². The Labute approximate surface area is 196 Å². The lowest BCUT2D eigenvalue weighted by Crippen LogP contribution is -2.40. The molecule has 1 saturated carbocycles. The fourth-order valence-electron chi connectivity index (χ4n) is 4.92. The Bertz CT molecular complexity index is 1120. The Morgan fingerprint density at radius 2 is 1.70 bits per heavy atom. The first-order valence-electron chi connectivity index (χ1n) is 12.1. The molecule has 0 saturated heterocycles. The number of carbonyl (C=O) groups excluding carboxylic acids is 2. The molecule has 1 aliphatic rings. The molecular weight excluding hydrogens is 410 g/mol. The molecule has 5 heteroatoms. The molecule has 1 heterocycles. The van der Waals surface area contributed by atoms with E-state index < -0.39 is 0 Å². The van der Waals surface area contributed by atoms with Crippen LogP contribution >= 0.6 is 0 Å². The van der Waals surface area contributed by atoms with E-state index in [0.29, 0.717) is 18.3 Å². The van der Waals surface area contributed by atoms with Gasteiger partial charge in [-0.1, -0.05) is 61.2 Å². The summed E-state index contributed by atoms with van der Waals surface area (Å²) in [6.07, 6.45) is 6.47. The molecule has 1 N–H and O–H groups in total. The van der Waals surface area contributed by atoms with E-state index in [1.54, 1.807) is 6.92 Å². The molecule has 4 rings (SSSR count). The number of nitrogens with one attached hydrogen (secondary N) is 1. The molecule has 0 aliphatic heterocycles. The predicted molar refractivity (Wildman–Crippen MR) is 135 cm³/mol. The van der Waals surface area contributed by atoms with Gasteiger partial charge < -0.3 is 14.8 Å². The lowest BCUT2D eigenvalue weighted by atomic mass is 9.94. The van der Waals surface area contributed by atoms with Crippen LogP contribution in [0.3, 0.4) is 0 Å². The van der Waals surface area contributed by atoms with E-state index >= 15 is 0 Å². The number of nitrogens with zero attached hydrogens (tertiary/aromatic N) is 2. The van der Waals surface area contributed by atoms with E-state index in [0.717, 1.165) is 28.6 Å². The van der Waals surface area contributed by atoms with Gasteiger partial charge in [-0.15, -0.1) is 0 Å². The third kappa shape index (κ3) is 5.53. The molecule has 2 aromatic carbocycles. The second-order valence-corrected chi connectivity index (χ2v) is 9.43. The summed E-state index contributed by atoms with van der Waals surface area (Å²) in [6, 6.07) is 17.1. The molecule has 0 bridgehead atoms. The van der Waals surface area contributed by atoms with Crippen molar-refractivity contribution in [1.82, 2.24) is 14.8 Å². The Morgan fingerprint density at radius 3 is 2.39 bits per heavy atom. The highest BCUT2D eigenvalue weighted by atomic mass is 16.2. The highest BCUT2D eigenvalue weighted by Crippen LogP contribution is 2.28. The van der Waals surface area contributed by atoms with Gasteiger partial charge in [0.05, 0.1) is 5.69 Å². The fourth-order valence-corrected chi connectivity index (χ4v) is 4.92. The number of fused-ring (bicyclic) bond motifs is 1. The number of hydrogen-bond acceptors (Lipinski definition) is 3. The van der Waals surface area contributed by atoms with Gasteiger partial charge in [0.1, 0.15) is 6.54 Å². The minimum absolute atomic E-state index is 0.0343. The van der Waals surface area contributed by atoms with Crippen LogP contribution in [0.2, 0.25) is 0 Å². The monoisotopic (exact) mass is 445 g/mol. The van der Waals surface area contributed by atoms with E-state index in [4.69, 9.17) is 0 Å². The minimum atomic E-state index is -0.0622. The van der Waals surface area contributed by atoms with Gasteiger partial charge in [0.25, 0.3) is 0 Å². The van der Waals surface area contributed by atoms with Crippen molar-refractivity contribution in [3.05, 3.63) is 59.8 Å². The van der Waals surface area contributed by atoms with Crippen molar-refractivity contribution in [2.75, 3.05) is 20.1 Å². The van der Waals surface area contributed by atoms with Gasteiger partial charge in [-0.25, -0.2) is 0 Å². The fraction of sp³-hybridized carbons (Fsp3) is 0.429. The number of aromatic nitrogens is 1. The maximum absolute atomic E-state index is 12.8. The van der Waals surface area contributed by atoms with Crippen LogP contribution in [0, 0.1) is 6.92 Å². The molecule has 5 nitrogen and oxygen atoms in total. The summed E-state index contributed by atoms with van der Waals surface area (Å²) in [5.41, 5.74) is 4.89. The summed E-state index contributed by atoms with van der Waals surface area (Å²) in [6.45, 7) is 5.24. The van der Waals surface area contributed by atoms with Crippen molar-refractivity contribution in [2.45, 2.75) is 58.5 Å². The zero-order valence-electron chi connectivity index (χ0n) is 20.1. The number of rotatable bonds is 8. The average molecular weight is 446 g/mol. The molecule has 174 valence electrons. The van der Waals surface area contributed by atoms with E-state index in [2.05, 4.69) is 60.6 Å². The SMILES string of the molecule is CC(=O)c1cc2ccc(-c3ccc(C)cc3)cc2n1CC(=O)NCCN(C)C1CCCCC1. The van der Waals surface area contributed by atoms with Crippen LogP contribution in [-0.4, -0.2) is 47.3 Å². The molecule has 0 radical (unpaired) electrons. The smallest absolute Gasteiger partial charge is 0.240 e. The normalized spacial score (nSPS) is 14.7. The average Bonchev–Trinajstić information content (AvgIpc) is 3.18. The molecule has 33 heavy (non-hydrogen) atoms. The van der Waals surface area contributed by atoms with E-state index in [1.807, 2.05) is 16.7 Å². The number of carbonyl (C=O) groups is 2. The maximum atomic E-state index is 12.8. The summed E-state index contributed by atoms with van der Waals surface area (Å²) >= 11 is 0. The van der Waals surface area contributed by atoms with Crippen LogP contribution in [0.15, 0.2) is 48.5 Å². The number of amides is 1. The third-order valence-electron chi connectivity index (χ3n) is 6.94. The molecule has 0 atom stereocenters. The Morgan fingerprint density at radius 1 is 1.00 bits per heavy atom. The van der Waals surface area contributed by atoms with Gasteiger partial charge in [-0.2, -0.15) is 0 Å². The molecule has 1 amide bonds. The van der Waals surface area contributed by atoms with Gasteiger partial charge in [0.15, 0.2) is 5.78 Å². The first-order valence-corrected chi connectivity index (χ1v) is 12.1. The van der Waals surface area contributed by atoms with Crippen molar-refractivity contribution < 1.29 is 9.59 Å². The summed E-state index contributed by atoms with van der Waals surface area (Å²) in [7, 11) is 2.15. The lowest BCUT2D eigenvalue weighted by molar-refractivity contribution is -0.121. The largest absolute Gasteiger partial charge is 0.353 e. The van der Waals surface area contributed by atoms with E-state index in [-0.39, 0.29) is 18.2 Å². The number of likely N-dealkylation sites (N-methyl/N-ethyl adjacent to an activating group) is 1. The quantitative estimate of drug-likeness (QED) is 0.485. The summed E-state index contributed by atoms with van der Waals surface area (Å²) < 4.78 is 1.86. The van der Waals surface area contributed by atoms with Gasteiger partial charge in [-0.3, -0.25) is 9.59 Å². The Kier molecular flexibility index (Phi) is 7.29. The second kappa shape index (κ2) is 10.3. The first-order chi connectivity index (χ1) is 15.9. The van der Waals surface area contributed by atoms with E-state index in [1.165, 1.54) is 37.7 Å². The highest BCUT2D eigenvalue weighted by molar-refractivity contribution is 6.00. The molecular formula is C28H35N3O2. The van der Waals surface area contributed by atoms with Crippen molar-refractivity contribution in [1.29, 1.82) is 0 Å².